The van der Waals surface area contributed by atoms with Crippen molar-refractivity contribution in [2.75, 3.05) is 12.3 Å². The fourth-order valence-electron chi connectivity index (χ4n) is 2.31. The van der Waals surface area contributed by atoms with Gasteiger partial charge in [-0.2, -0.15) is 0 Å². The number of nitrogens with one attached hydrogen (secondary N) is 2. The lowest BCUT2D eigenvalue weighted by Gasteiger charge is -2.12. The number of aromatic nitrogens is 2. The summed E-state index contributed by atoms with van der Waals surface area (Å²) in [4.78, 5) is 40.7. The zero-order valence-electron chi connectivity index (χ0n) is 15.1. The van der Waals surface area contributed by atoms with Crippen LogP contribution in [0, 0.1) is 0 Å². The Morgan fingerprint density at radius 3 is 2.78 bits per heavy atom. The molecule has 27 heavy (non-hydrogen) atoms. The summed E-state index contributed by atoms with van der Waals surface area (Å²) in [5.74, 6) is -0.556. The van der Waals surface area contributed by atoms with E-state index in [2.05, 4.69) is 22.2 Å². The number of amides is 2. The van der Waals surface area contributed by atoms with Gasteiger partial charge in [0.2, 0.25) is 11.8 Å². The maximum Gasteiger partial charge on any atom is 0.262 e. The molecule has 1 heterocycles. The molecule has 0 aliphatic carbocycles. The number of fused-ring (bicyclic) bond motifs is 1. The van der Waals surface area contributed by atoms with Crippen molar-refractivity contribution in [1.29, 1.82) is 0 Å². The topological polar surface area (TPSA) is 93.1 Å². The predicted octanol–water partition coefficient (Wildman–Crippen LogP) is 1.97. The zero-order chi connectivity index (χ0) is 20.0. The van der Waals surface area contributed by atoms with Crippen LogP contribution in [0.4, 0.5) is 0 Å². The highest BCUT2D eigenvalue weighted by Gasteiger charge is 2.13. The van der Waals surface area contributed by atoms with Crippen LogP contribution in [0.25, 0.3) is 10.9 Å². The first kappa shape index (κ1) is 21.0. The third-order valence-corrected chi connectivity index (χ3v) is 4.63. The Morgan fingerprint density at radius 2 is 2.11 bits per heavy atom. The van der Waals surface area contributed by atoms with Crippen LogP contribution in [0.3, 0.4) is 0 Å². The summed E-state index contributed by atoms with van der Waals surface area (Å²) < 4.78 is 1.44. The van der Waals surface area contributed by atoms with Crippen LogP contribution in [0.2, 0.25) is 5.02 Å². The highest BCUT2D eigenvalue weighted by atomic mass is 35.5. The molecule has 0 fully saturated rings. The van der Waals surface area contributed by atoms with Crippen molar-refractivity contribution < 1.29 is 9.59 Å². The molecule has 1 aromatic heterocycles. The molecule has 1 aromatic carbocycles. The fourth-order valence-corrected chi connectivity index (χ4v) is 3.32. The Labute approximate surface area is 166 Å². The first-order valence-corrected chi connectivity index (χ1v) is 9.68. The Bertz CT molecular complexity index is 927. The van der Waals surface area contributed by atoms with Gasteiger partial charge in [0.25, 0.3) is 5.56 Å². The summed E-state index contributed by atoms with van der Waals surface area (Å²) in [7, 11) is 0. The van der Waals surface area contributed by atoms with E-state index in [0.29, 0.717) is 21.1 Å². The number of hydrogen-bond donors (Lipinski definition) is 2. The monoisotopic (exact) mass is 408 g/mol. The molecule has 9 heteroatoms. The Morgan fingerprint density at radius 1 is 1.37 bits per heavy atom. The second kappa shape index (κ2) is 9.57. The van der Waals surface area contributed by atoms with Crippen molar-refractivity contribution in [2.45, 2.75) is 31.6 Å². The SMILES string of the molecule is C=CCn1c(SCC(=O)NCC(=O)NC(C)C)nc2ccc(Cl)cc2c1=O. The molecule has 0 bridgehead atoms. The maximum absolute atomic E-state index is 12.7. The number of rotatable bonds is 8. The van der Waals surface area contributed by atoms with Gasteiger partial charge in [-0.1, -0.05) is 29.4 Å². The third-order valence-electron chi connectivity index (χ3n) is 3.42. The van der Waals surface area contributed by atoms with Crippen LogP contribution >= 0.6 is 23.4 Å². The Kier molecular flexibility index (Phi) is 7.44. The molecule has 144 valence electrons. The van der Waals surface area contributed by atoms with Gasteiger partial charge in [-0.15, -0.1) is 6.58 Å². The number of halogens is 1. The van der Waals surface area contributed by atoms with E-state index >= 15 is 0 Å². The van der Waals surface area contributed by atoms with Crippen molar-refractivity contribution in [2.24, 2.45) is 0 Å². The van der Waals surface area contributed by atoms with Crippen LogP contribution in [0.5, 0.6) is 0 Å². The van der Waals surface area contributed by atoms with Crippen LogP contribution in [0.1, 0.15) is 13.8 Å². The molecule has 7 nitrogen and oxygen atoms in total. The number of allylic oxidation sites excluding steroid dienone is 1. The second-order valence-electron chi connectivity index (χ2n) is 6.05. The number of thioether (sulfide) groups is 1. The van der Waals surface area contributed by atoms with E-state index in [1.807, 2.05) is 13.8 Å². The van der Waals surface area contributed by atoms with Crippen molar-refractivity contribution in [3.63, 3.8) is 0 Å². The summed E-state index contributed by atoms with van der Waals surface area (Å²) in [5.41, 5.74) is 0.255. The first-order chi connectivity index (χ1) is 12.8. The summed E-state index contributed by atoms with van der Waals surface area (Å²) in [6, 6.07) is 4.90. The molecule has 0 saturated carbocycles. The summed E-state index contributed by atoms with van der Waals surface area (Å²) in [6.07, 6.45) is 1.58. The molecule has 0 aliphatic heterocycles. The lowest BCUT2D eigenvalue weighted by atomic mass is 10.2. The lowest BCUT2D eigenvalue weighted by Crippen LogP contribution is -2.40. The van der Waals surface area contributed by atoms with Gasteiger partial charge < -0.3 is 10.6 Å². The lowest BCUT2D eigenvalue weighted by molar-refractivity contribution is -0.125. The minimum absolute atomic E-state index is 0.00687. The van der Waals surface area contributed by atoms with E-state index in [1.54, 1.807) is 24.3 Å². The summed E-state index contributed by atoms with van der Waals surface area (Å²) >= 11 is 7.09. The minimum Gasteiger partial charge on any atom is -0.352 e. The standard InChI is InChI=1S/C18H21ClN4O3S/c1-4-7-23-17(26)13-8-12(19)5-6-14(13)22-18(23)27-10-16(25)20-9-15(24)21-11(2)3/h4-6,8,11H,1,7,9-10H2,2-3H3,(H,20,25)(H,21,24). The molecule has 0 radical (unpaired) electrons. The summed E-state index contributed by atoms with van der Waals surface area (Å²) in [6.45, 7) is 7.50. The molecule has 2 aromatic rings. The Hall–Kier alpha value is -2.32. The van der Waals surface area contributed by atoms with Crippen LogP contribution < -0.4 is 16.2 Å². The highest BCUT2D eigenvalue weighted by molar-refractivity contribution is 7.99. The van der Waals surface area contributed by atoms with Gasteiger partial charge in [-0.25, -0.2) is 4.98 Å². The molecule has 2 rings (SSSR count). The largest absolute Gasteiger partial charge is 0.352 e. The second-order valence-corrected chi connectivity index (χ2v) is 7.43. The molecule has 0 atom stereocenters. The quantitative estimate of drug-likeness (QED) is 0.395. The normalized spacial score (nSPS) is 10.8. The molecular formula is C18H21ClN4O3S. The molecule has 0 aliphatic rings. The van der Waals surface area contributed by atoms with Crippen LogP contribution in [0.15, 0.2) is 40.8 Å². The van der Waals surface area contributed by atoms with Crippen molar-refractivity contribution in [1.82, 2.24) is 20.2 Å². The van der Waals surface area contributed by atoms with Gasteiger partial charge in [-0.3, -0.25) is 19.0 Å². The van der Waals surface area contributed by atoms with Crippen LogP contribution in [-0.2, 0) is 16.1 Å². The van der Waals surface area contributed by atoms with Gasteiger partial charge >= 0.3 is 0 Å². The fraction of sp³-hybridized carbons (Fsp3) is 0.333. The molecule has 0 spiro atoms. The average Bonchev–Trinajstić information content (AvgIpc) is 2.61. The third kappa shape index (κ3) is 5.83. The minimum atomic E-state index is -0.325. The van der Waals surface area contributed by atoms with Crippen molar-refractivity contribution in [3.8, 4) is 0 Å². The van der Waals surface area contributed by atoms with E-state index in [0.717, 1.165) is 11.8 Å². The van der Waals surface area contributed by atoms with E-state index < -0.39 is 0 Å². The first-order valence-electron chi connectivity index (χ1n) is 8.31. The predicted molar refractivity (Wildman–Crippen MR) is 108 cm³/mol. The van der Waals surface area contributed by atoms with E-state index in [-0.39, 0.29) is 42.3 Å². The molecule has 2 amide bonds. The van der Waals surface area contributed by atoms with Crippen molar-refractivity contribution in [3.05, 3.63) is 46.2 Å². The number of hydrogen-bond acceptors (Lipinski definition) is 5. The molecule has 0 saturated heterocycles. The zero-order valence-corrected chi connectivity index (χ0v) is 16.7. The Balaban J connectivity index is 2.13. The number of nitrogens with zero attached hydrogens (tertiary/aromatic N) is 2. The molecule has 2 N–H and O–H groups in total. The van der Waals surface area contributed by atoms with E-state index in [9.17, 15) is 14.4 Å². The van der Waals surface area contributed by atoms with Gasteiger partial charge in [-0.05, 0) is 32.0 Å². The smallest absolute Gasteiger partial charge is 0.262 e. The summed E-state index contributed by atoms with van der Waals surface area (Å²) in [5, 5.41) is 6.49. The van der Waals surface area contributed by atoms with Gasteiger partial charge in [0.15, 0.2) is 5.16 Å². The molecular weight excluding hydrogens is 388 g/mol. The van der Waals surface area contributed by atoms with Crippen LogP contribution in [-0.4, -0.2) is 39.7 Å². The number of carbonyl (C=O) groups excluding carboxylic acids is 2. The van der Waals surface area contributed by atoms with Gasteiger partial charge in [0, 0.05) is 17.6 Å². The number of benzene rings is 1. The number of carbonyl (C=O) groups is 2. The van der Waals surface area contributed by atoms with Gasteiger partial charge in [0.05, 0.1) is 23.2 Å². The average molecular weight is 409 g/mol. The highest BCUT2D eigenvalue weighted by Crippen LogP contribution is 2.20. The molecule has 0 unspecified atom stereocenters. The van der Waals surface area contributed by atoms with Gasteiger partial charge in [0.1, 0.15) is 0 Å². The van der Waals surface area contributed by atoms with Crippen molar-refractivity contribution >= 4 is 46.1 Å². The maximum atomic E-state index is 12.7. The van der Waals surface area contributed by atoms with E-state index in [1.165, 1.54) is 4.57 Å². The van der Waals surface area contributed by atoms with E-state index in [4.69, 9.17) is 11.6 Å².